The van der Waals surface area contributed by atoms with Gasteiger partial charge in [0.15, 0.2) is 5.69 Å². The number of hydrogen-bond donors (Lipinski definition) is 1. The smallest absolute Gasteiger partial charge is 0.276 e. The Kier molecular flexibility index (Phi) is 4.06. The molecule has 1 amide bonds. The lowest BCUT2D eigenvalue weighted by Crippen LogP contribution is -2.15. The molecular formula is C20H18ClN3O. The van der Waals surface area contributed by atoms with Crippen LogP contribution in [0.3, 0.4) is 0 Å². The minimum absolute atomic E-state index is 0.182. The van der Waals surface area contributed by atoms with E-state index in [1.807, 2.05) is 54.1 Å². The van der Waals surface area contributed by atoms with Crippen LogP contribution in [0.15, 0.2) is 48.5 Å². The fourth-order valence-corrected chi connectivity index (χ4v) is 3.49. The second-order valence-electron chi connectivity index (χ2n) is 6.29. The van der Waals surface area contributed by atoms with Gasteiger partial charge in [-0.05, 0) is 56.0 Å². The minimum atomic E-state index is -0.182. The number of nitrogens with zero attached hydrogens (tertiary/aromatic N) is 2. The van der Waals surface area contributed by atoms with E-state index in [0.29, 0.717) is 10.7 Å². The highest BCUT2D eigenvalue weighted by Crippen LogP contribution is 2.29. The van der Waals surface area contributed by atoms with Crippen LogP contribution >= 0.6 is 11.6 Å². The zero-order valence-electron chi connectivity index (χ0n) is 13.9. The van der Waals surface area contributed by atoms with E-state index in [0.717, 1.165) is 47.5 Å². The number of benzene rings is 2. The molecule has 2 aromatic carbocycles. The van der Waals surface area contributed by atoms with Gasteiger partial charge in [-0.3, -0.25) is 4.79 Å². The van der Waals surface area contributed by atoms with Crippen molar-refractivity contribution >= 4 is 23.2 Å². The zero-order valence-corrected chi connectivity index (χ0v) is 14.7. The van der Waals surface area contributed by atoms with E-state index in [1.165, 1.54) is 0 Å². The lowest BCUT2D eigenvalue weighted by molar-refractivity contribution is 0.102. The molecule has 126 valence electrons. The van der Waals surface area contributed by atoms with E-state index < -0.39 is 0 Å². The van der Waals surface area contributed by atoms with Crippen molar-refractivity contribution in [2.45, 2.75) is 26.2 Å². The molecule has 25 heavy (non-hydrogen) atoms. The fourth-order valence-electron chi connectivity index (χ4n) is 3.31. The molecule has 1 N–H and O–H groups in total. The standard InChI is InChI=1S/C20H18ClN3O/c1-13-10-11-14(21)12-17(13)22-20(25)19-16-8-5-9-18(16)24(23-19)15-6-3-2-4-7-15/h2-4,6-7,10-12H,5,8-9H2,1H3,(H,22,25). The van der Waals surface area contributed by atoms with Crippen LogP contribution in [0.5, 0.6) is 0 Å². The summed E-state index contributed by atoms with van der Waals surface area (Å²) >= 11 is 6.05. The van der Waals surface area contributed by atoms with Crippen molar-refractivity contribution in [1.29, 1.82) is 0 Å². The third kappa shape index (κ3) is 2.94. The maximum Gasteiger partial charge on any atom is 0.276 e. The molecule has 5 heteroatoms. The molecule has 0 unspecified atom stereocenters. The number of fused-ring (bicyclic) bond motifs is 1. The zero-order chi connectivity index (χ0) is 17.4. The van der Waals surface area contributed by atoms with E-state index in [9.17, 15) is 4.79 Å². The molecule has 0 radical (unpaired) electrons. The highest BCUT2D eigenvalue weighted by molar-refractivity contribution is 6.31. The third-order valence-electron chi connectivity index (χ3n) is 4.59. The molecule has 0 saturated carbocycles. The second-order valence-corrected chi connectivity index (χ2v) is 6.72. The number of para-hydroxylation sites is 1. The number of rotatable bonds is 3. The van der Waals surface area contributed by atoms with Crippen molar-refractivity contribution in [3.63, 3.8) is 0 Å². The minimum Gasteiger partial charge on any atom is -0.320 e. The molecular weight excluding hydrogens is 334 g/mol. The number of anilines is 1. The van der Waals surface area contributed by atoms with Gasteiger partial charge < -0.3 is 5.32 Å². The van der Waals surface area contributed by atoms with Crippen LogP contribution < -0.4 is 5.32 Å². The summed E-state index contributed by atoms with van der Waals surface area (Å²) in [6.45, 7) is 1.94. The van der Waals surface area contributed by atoms with Crippen LogP contribution in [-0.2, 0) is 12.8 Å². The van der Waals surface area contributed by atoms with Gasteiger partial charge in [-0.2, -0.15) is 5.10 Å². The van der Waals surface area contributed by atoms with Gasteiger partial charge in [0.25, 0.3) is 5.91 Å². The number of nitrogens with one attached hydrogen (secondary N) is 1. The molecule has 4 nitrogen and oxygen atoms in total. The van der Waals surface area contributed by atoms with Crippen LogP contribution in [0.4, 0.5) is 5.69 Å². The van der Waals surface area contributed by atoms with Crippen LogP contribution in [-0.4, -0.2) is 15.7 Å². The highest BCUT2D eigenvalue weighted by atomic mass is 35.5. The summed E-state index contributed by atoms with van der Waals surface area (Å²) in [4.78, 5) is 12.9. The SMILES string of the molecule is Cc1ccc(Cl)cc1NC(=O)c1nn(-c2ccccc2)c2c1CCC2. The van der Waals surface area contributed by atoms with Crippen LogP contribution in [0.1, 0.15) is 33.7 Å². The molecule has 0 atom stereocenters. The average Bonchev–Trinajstić information content (AvgIpc) is 3.21. The van der Waals surface area contributed by atoms with E-state index >= 15 is 0 Å². The van der Waals surface area contributed by atoms with Gasteiger partial charge in [-0.25, -0.2) is 4.68 Å². The number of carbonyl (C=O) groups excluding carboxylic acids is 1. The summed E-state index contributed by atoms with van der Waals surface area (Å²) < 4.78 is 1.90. The summed E-state index contributed by atoms with van der Waals surface area (Å²) in [5, 5.41) is 8.18. The molecule has 1 aromatic heterocycles. The van der Waals surface area contributed by atoms with Crippen molar-refractivity contribution in [3.05, 3.63) is 76.1 Å². The van der Waals surface area contributed by atoms with E-state index in [-0.39, 0.29) is 5.91 Å². The Morgan fingerprint density at radius 2 is 1.96 bits per heavy atom. The Morgan fingerprint density at radius 3 is 2.76 bits per heavy atom. The molecule has 3 aromatic rings. The summed E-state index contributed by atoms with van der Waals surface area (Å²) in [5.41, 5.74) is 5.38. The van der Waals surface area contributed by atoms with Gasteiger partial charge in [0, 0.05) is 22.0 Å². The number of carbonyl (C=O) groups is 1. The molecule has 4 rings (SSSR count). The highest BCUT2D eigenvalue weighted by Gasteiger charge is 2.27. The van der Waals surface area contributed by atoms with Crippen LogP contribution in [0.2, 0.25) is 5.02 Å². The van der Waals surface area contributed by atoms with Crippen molar-refractivity contribution in [2.75, 3.05) is 5.32 Å². The molecule has 1 aliphatic rings. The number of amides is 1. The summed E-state index contributed by atoms with van der Waals surface area (Å²) in [7, 11) is 0. The summed E-state index contributed by atoms with van der Waals surface area (Å²) in [5.74, 6) is -0.182. The molecule has 0 fully saturated rings. The Balaban J connectivity index is 1.71. The molecule has 0 bridgehead atoms. The second kappa shape index (κ2) is 6.37. The largest absolute Gasteiger partial charge is 0.320 e. The Morgan fingerprint density at radius 1 is 1.16 bits per heavy atom. The molecule has 0 aliphatic heterocycles. The maximum absolute atomic E-state index is 12.9. The van der Waals surface area contributed by atoms with Crippen molar-refractivity contribution in [3.8, 4) is 5.69 Å². The fraction of sp³-hybridized carbons (Fsp3) is 0.200. The Hall–Kier alpha value is -2.59. The van der Waals surface area contributed by atoms with E-state index in [2.05, 4.69) is 10.4 Å². The molecule has 0 saturated heterocycles. The summed E-state index contributed by atoms with van der Waals surface area (Å²) in [6.07, 6.45) is 2.89. The molecule has 1 heterocycles. The first-order valence-corrected chi connectivity index (χ1v) is 8.75. The van der Waals surface area contributed by atoms with Crippen LogP contribution in [0.25, 0.3) is 5.69 Å². The molecule has 0 spiro atoms. The van der Waals surface area contributed by atoms with Gasteiger partial charge in [-0.15, -0.1) is 0 Å². The predicted molar refractivity (Wildman–Crippen MR) is 99.7 cm³/mol. The predicted octanol–water partition coefficient (Wildman–Crippen LogP) is 4.58. The van der Waals surface area contributed by atoms with Gasteiger partial charge in [0.05, 0.1) is 5.69 Å². The van der Waals surface area contributed by atoms with Gasteiger partial charge in [-0.1, -0.05) is 35.9 Å². The normalized spacial score (nSPS) is 12.9. The number of hydrogen-bond acceptors (Lipinski definition) is 2. The number of aromatic nitrogens is 2. The molecule has 1 aliphatic carbocycles. The van der Waals surface area contributed by atoms with E-state index in [4.69, 9.17) is 11.6 Å². The number of halogens is 1. The first-order valence-electron chi connectivity index (χ1n) is 8.37. The van der Waals surface area contributed by atoms with Gasteiger partial charge in [0.1, 0.15) is 0 Å². The van der Waals surface area contributed by atoms with Crippen molar-refractivity contribution in [1.82, 2.24) is 9.78 Å². The van der Waals surface area contributed by atoms with Crippen molar-refractivity contribution < 1.29 is 4.79 Å². The quantitative estimate of drug-likeness (QED) is 0.751. The van der Waals surface area contributed by atoms with E-state index in [1.54, 1.807) is 6.07 Å². The van der Waals surface area contributed by atoms with Crippen molar-refractivity contribution in [2.24, 2.45) is 0 Å². The lowest BCUT2D eigenvalue weighted by atomic mass is 10.1. The first kappa shape index (κ1) is 15.9. The number of aryl methyl sites for hydroxylation is 1. The lowest BCUT2D eigenvalue weighted by Gasteiger charge is -2.08. The summed E-state index contributed by atoms with van der Waals surface area (Å²) in [6, 6.07) is 15.4. The topological polar surface area (TPSA) is 46.9 Å². The third-order valence-corrected chi connectivity index (χ3v) is 4.83. The average molecular weight is 352 g/mol. The maximum atomic E-state index is 12.9. The Labute approximate surface area is 151 Å². The monoisotopic (exact) mass is 351 g/mol. The Bertz CT molecular complexity index is 947. The van der Waals surface area contributed by atoms with Gasteiger partial charge >= 0.3 is 0 Å². The first-order chi connectivity index (χ1) is 12.1. The van der Waals surface area contributed by atoms with Gasteiger partial charge in [0.2, 0.25) is 0 Å². The van der Waals surface area contributed by atoms with Crippen LogP contribution in [0, 0.1) is 6.92 Å².